The van der Waals surface area contributed by atoms with E-state index in [1.165, 1.54) is 0 Å². The Kier molecular flexibility index (Phi) is 9.29. The summed E-state index contributed by atoms with van der Waals surface area (Å²) in [5.74, 6) is 0. The standard InChI is InChI=1S/C10H26N4/c1-3-13(4-2)9-10-14(7-5-11)8-6-12/h3-12H2,1-2H3. The van der Waals surface area contributed by atoms with Crippen LogP contribution in [0.15, 0.2) is 0 Å². The molecule has 4 N–H and O–H groups in total. The predicted octanol–water partition coefficient (Wildman–Crippen LogP) is -0.452. The fourth-order valence-corrected chi connectivity index (χ4v) is 1.52. The van der Waals surface area contributed by atoms with E-state index in [2.05, 4.69) is 23.6 Å². The monoisotopic (exact) mass is 202 g/mol. The predicted molar refractivity (Wildman–Crippen MR) is 62.3 cm³/mol. The third-order valence-corrected chi connectivity index (χ3v) is 2.52. The second-order valence-electron chi connectivity index (χ2n) is 3.45. The van der Waals surface area contributed by atoms with Crippen molar-refractivity contribution in [2.45, 2.75) is 13.8 Å². The van der Waals surface area contributed by atoms with E-state index < -0.39 is 0 Å². The highest BCUT2D eigenvalue weighted by molar-refractivity contribution is 4.62. The molecule has 0 saturated carbocycles. The summed E-state index contributed by atoms with van der Waals surface area (Å²) in [6.07, 6.45) is 0. The lowest BCUT2D eigenvalue weighted by atomic mass is 10.4. The average Bonchev–Trinajstić information content (AvgIpc) is 2.20. The van der Waals surface area contributed by atoms with Gasteiger partial charge in [0.05, 0.1) is 0 Å². The quantitative estimate of drug-likeness (QED) is 0.531. The summed E-state index contributed by atoms with van der Waals surface area (Å²) in [7, 11) is 0. The largest absolute Gasteiger partial charge is 0.329 e. The van der Waals surface area contributed by atoms with Gasteiger partial charge in [-0.1, -0.05) is 13.8 Å². The van der Waals surface area contributed by atoms with Gasteiger partial charge in [-0.05, 0) is 13.1 Å². The van der Waals surface area contributed by atoms with Crippen molar-refractivity contribution in [1.82, 2.24) is 9.80 Å². The summed E-state index contributed by atoms with van der Waals surface area (Å²) in [6.45, 7) is 12.2. The van der Waals surface area contributed by atoms with E-state index in [0.717, 1.165) is 52.4 Å². The topological polar surface area (TPSA) is 58.5 Å². The van der Waals surface area contributed by atoms with Gasteiger partial charge in [-0.25, -0.2) is 0 Å². The van der Waals surface area contributed by atoms with Crippen molar-refractivity contribution in [2.24, 2.45) is 11.5 Å². The van der Waals surface area contributed by atoms with Crippen molar-refractivity contribution in [3.05, 3.63) is 0 Å². The molecular weight excluding hydrogens is 176 g/mol. The highest BCUT2D eigenvalue weighted by Gasteiger charge is 2.04. The van der Waals surface area contributed by atoms with Crippen LogP contribution in [0.3, 0.4) is 0 Å². The van der Waals surface area contributed by atoms with Gasteiger partial charge in [0.1, 0.15) is 0 Å². The number of nitrogens with zero attached hydrogens (tertiary/aromatic N) is 2. The zero-order valence-electron chi connectivity index (χ0n) is 9.71. The second kappa shape index (κ2) is 9.40. The van der Waals surface area contributed by atoms with Gasteiger partial charge >= 0.3 is 0 Å². The molecule has 0 radical (unpaired) electrons. The smallest absolute Gasteiger partial charge is 0.0110 e. The maximum Gasteiger partial charge on any atom is 0.0110 e. The Morgan fingerprint density at radius 1 is 0.714 bits per heavy atom. The van der Waals surface area contributed by atoms with E-state index in [4.69, 9.17) is 11.5 Å². The molecule has 0 aliphatic heterocycles. The first-order valence-corrected chi connectivity index (χ1v) is 5.63. The number of likely N-dealkylation sites (N-methyl/N-ethyl adjacent to an activating group) is 1. The highest BCUT2D eigenvalue weighted by Crippen LogP contribution is 1.90. The summed E-state index contributed by atoms with van der Waals surface area (Å²) in [4.78, 5) is 4.75. The second-order valence-corrected chi connectivity index (χ2v) is 3.45. The van der Waals surface area contributed by atoms with Crippen molar-refractivity contribution < 1.29 is 0 Å². The van der Waals surface area contributed by atoms with Crippen molar-refractivity contribution in [1.29, 1.82) is 0 Å². The molecule has 0 aromatic heterocycles. The zero-order valence-corrected chi connectivity index (χ0v) is 9.71. The Morgan fingerprint density at radius 2 is 1.14 bits per heavy atom. The summed E-state index contributed by atoms with van der Waals surface area (Å²) in [5.41, 5.74) is 11.1. The lowest BCUT2D eigenvalue weighted by Crippen LogP contribution is -2.39. The van der Waals surface area contributed by atoms with Crippen LogP contribution in [0.4, 0.5) is 0 Å². The van der Waals surface area contributed by atoms with Crippen molar-refractivity contribution in [2.75, 3.05) is 52.4 Å². The van der Waals surface area contributed by atoms with Gasteiger partial charge in [0, 0.05) is 39.3 Å². The maximum atomic E-state index is 5.53. The molecular formula is C10H26N4. The summed E-state index contributed by atoms with van der Waals surface area (Å²) in [6, 6.07) is 0. The van der Waals surface area contributed by atoms with E-state index in [0.29, 0.717) is 0 Å². The van der Waals surface area contributed by atoms with Crippen LogP contribution in [0.1, 0.15) is 13.8 Å². The molecule has 0 rings (SSSR count). The molecule has 0 bridgehead atoms. The molecule has 0 heterocycles. The van der Waals surface area contributed by atoms with E-state index >= 15 is 0 Å². The number of nitrogens with two attached hydrogens (primary N) is 2. The Labute approximate surface area is 88.2 Å². The third-order valence-electron chi connectivity index (χ3n) is 2.52. The summed E-state index contributed by atoms with van der Waals surface area (Å²) in [5, 5.41) is 0. The molecule has 86 valence electrons. The summed E-state index contributed by atoms with van der Waals surface area (Å²) < 4.78 is 0. The average molecular weight is 202 g/mol. The maximum absolute atomic E-state index is 5.53. The van der Waals surface area contributed by atoms with Gasteiger partial charge in [0.15, 0.2) is 0 Å². The molecule has 0 aliphatic carbocycles. The van der Waals surface area contributed by atoms with E-state index in [1.54, 1.807) is 0 Å². The molecule has 0 unspecified atom stereocenters. The first-order chi connectivity index (χ1) is 6.78. The highest BCUT2D eigenvalue weighted by atomic mass is 15.2. The van der Waals surface area contributed by atoms with Crippen LogP contribution in [0.5, 0.6) is 0 Å². The Balaban J connectivity index is 3.67. The molecule has 14 heavy (non-hydrogen) atoms. The zero-order chi connectivity index (χ0) is 10.8. The van der Waals surface area contributed by atoms with Crippen LogP contribution < -0.4 is 11.5 Å². The molecule has 4 heteroatoms. The van der Waals surface area contributed by atoms with Crippen LogP contribution >= 0.6 is 0 Å². The molecule has 0 saturated heterocycles. The first kappa shape index (κ1) is 13.8. The SMILES string of the molecule is CCN(CC)CCN(CCN)CCN. The number of hydrogen-bond acceptors (Lipinski definition) is 4. The lowest BCUT2D eigenvalue weighted by Gasteiger charge is -2.25. The van der Waals surface area contributed by atoms with Gasteiger partial charge in [0.2, 0.25) is 0 Å². The fourth-order valence-electron chi connectivity index (χ4n) is 1.52. The lowest BCUT2D eigenvalue weighted by molar-refractivity contribution is 0.221. The summed E-state index contributed by atoms with van der Waals surface area (Å²) >= 11 is 0. The van der Waals surface area contributed by atoms with E-state index in [-0.39, 0.29) is 0 Å². The van der Waals surface area contributed by atoms with Crippen molar-refractivity contribution >= 4 is 0 Å². The Bertz CT molecular complexity index is 109. The van der Waals surface area contributed by atoms with Gasteiger partial charge in [-0.3, -0.25) is 4.90 Å². The van der Waals surface area contributed by atoms with Crippen molar-refractivity contribution in [3.8, 4) is 0 Å². The Morgan fingerprint density at radius 3 is 1.50 bits per heavy atom. The molecule has 4 nitrogen and oxygen atoms in total. The molecule has 0 amide bonds. The van der Waals surface area contributed by atoms with Gasteiger partial charge in [-0.15, -0.1) is 0 Å². The third kappa shape index (κ3) is 6.32. The molecule has 0 aromatic rings. The minimum absolute atomic E-state index is 0.720. The molecule has 0 fully saturated rings. The molecule has 0 spiro atoms. The minimum Gasteiger partial charge on any atom is -0.329 e. The van der Waals surface area contributed by atoms with Crippen LogP contribution in [0.2, 0.25) is 0 Å². The first-order valence-electron chi connectivity index (χ1n) is 5.63. The van der Waals surface area contributed by atoms with Gasteiger partial charge < -0.3 is 16.4 Å². The number of rotatable bonds is 9. The molecule has 0 aliphatic rings. The fraction of sp³-hybridized carbons (Fsp3) is 1.00. The van der Waals surface area contributed by atoms with E-state index in [9.17, 15) is 0 Å². The van der Waals surface area contributed by atoms with Crippen LogP contribution in [0.25, 0.3) is 0 Å². The van der Waals surface area contributed by atoms with Crippen LogP contribution in [-0.2, 0) is 0 Å². The van der Waals surface area contributed by atoms with E-state index in [1.807, 2.05) is 0 Å². The molecule has 0 atom stereocenters. The van der Waals surface area contributed by atoms with Crippen LogP contribution in [-0.4, -0.2) is 62.2 Å². The van der Waals surface area contributed by atoms with Crippen LogP contribution in [0, 0.1) is 0 Å². The van der Waals surface area contributed by atoms with Gasteiger partial charge in [0.25, 0.3) is 0 Å². The molecule has 0 aromatic carbocycles. The van der Waals surface area contributed by atoms with Gasteiger partial charge in [-0.2, -0.15) is 0 Å². The normalized spacial score (nSPS) is 11.6. The Hall–Kier alpha value is -0.160. The number of hydrogen-bond donors (Lipinski definition) is 2. The minimum atomic E-state index is 0.720. The van der Waals surface area contributed by atoms with Crippen molar-refractivity contribution in [3.63, 3.8) is 0 Å².